The van der Waals surface area contributed by atoms with E-state index < -0.39 is 0 Å². The van der Waals surface area contributed by atoms with E-state index >= 15 is 0 Å². The summed E-state index contributed by atoms with van der Waals surface area (Å²) in [4.78, 5) is 2.53. The first-order valence-electron chi connectivity index (χ1n) is 17.8. The highest BCUT2D eigenvalue weighted by molar-refractivity contribution is 7.26. The number of nitrogens with zero attached hydrogens (tertiary/aromatic N) is 1. The van der Waals surface area contributed by atoms with Crippen LogP contribution in [0, 0.1) is 0 Å². The fraction of sp³-hybridized carbons (Fsp3) is 0. The number of hydrogen-bond acceptors (Lipinski definition) is 2. The molecule has 0 unspecified atom stereocenters. The van der Waals surface area contributed by atoms with Crippen LogP contribution in [0.4, 0.5) is 17.1 Å². The second kappa shape index (κ2) is 12.7. The standard InChI is InChI=1S/C50H33NS/c1-2-16-35(17-3-1)38-26-13-20-36-21-14-28-42(49(36)38)41-24-7-10-30-45(41)51(46-31-15-33-48-50(46)43-25-8-11-32-47(43)52-48)44-29-9-6-23-40(44)39-27-12-19-34-18-4-5-22-37(34)39/h1-33H. The van der Waals surface area contributed by atoms with Crippen molar-refractivity contribution in [2.45, 2.75) is 0 Å². The minimum atomic E-state index is 1.13. The summed E-state index contributed by atoms with van der Waals surface area (Å²) in [6.45, 7) is 0. The molecule has 0 saturated carbocycles. The molecule has 0 atom stereocenters. The Morgan fingerprint density at radius 1 is 0.288 bits per heavy atom. The van der Waals surface area contributed by atoms with Crippen molar-refractivity contribution < 1.29 is 0 Å². The summed E-state index contributed by atoms with van der Waals surface area (Å²) in [6.07, 6.45) is 0. The van der Waals surface area contributed by atoms with Gasteiger partial charge in [-0.15, -0.1) is 11.3 Å². The van der Waals surface area contributed by atoms with E-state index in [-0.39, 0.29) is 0 Å². The predicted octanol–water partition coefficient (Wildman–Crippen LogP) is 14.8. The van der Waals surface area contributed by atoms with E-state index in [0.717, 1.165) is 11.4 Å². The van der Waals surface area contributed by atoms with Gasteiger partial charge in [0.15, 0.2) is 0 Å². The largest absolute Gasteiger partial charge is 0.309 e. The SMILES string of the molecule is c1ccc(-c2cccc3cccc(-c4ccccc4N(c4ccccc4-c4cccc5ccccc45)c4cccc5sc6ccccc6c45)c23)cc1. The van der Waals surface area contributed by atoms with Crippen LogP contribution in [0.15, 0.2) is 200 Å². The smallest absolute Gasteiger partial charge is 0.0555 e. The van der Waals surface area contributed by atoms with Crippen molar-refractivity contribution in [2.75, 3.05) is 4.90 Å². The van der Waals surface area contributed by atoms with Gasteiger partial charge in [0.2, 0.25) is 0 Å². The number of hydrogen-bond donors (Lipinski definition) is 0. The number of rotatable bonds is 6. The van der Waals surface area contributed by atoms with Crippen molar-refractivity contribution in [1.82, 2.24) is 0 Å². The first kappa shape index (κ1) is 30.4. The molecule has 0 aliphatic heterocycles. The molecule has 0 fully saturated rings. The summed E-state index contributed by atoms with van der Waals surface area (Å²) in [5.74, 6) is 0. The highest BCUT2D eigenvalue weighted by Crippen LogP contribution is 2.51. The van der Waals surface area contributed by atoms with Gasteiger partial charge in [-0.2, -0.15) is 0 Å². The van der Waals surface area contributed by atoms with Crippen molar-refractivity contribution in [3.8, 4) is 33.4 Å². The van der Waals surface area contributed by atoms with Gasteiger partial charge in [0.05, 0.1) is 17.1 Å². The van der Waals surface area contributed by atoms with Gasteiger partial charge >= 0.3 is 0 Å². The van der Waals surface area contributed by atoms with Crippen molar-refractivity contribution in [3.05, 3.63) is 200 Å². The van der Waals surface area contributed by atoms with Crippen molar-refractivity contribution in [1.29, 1.82) is 0 Å². The van der Waals surface area contributed by atoms with E-state index in [1.807, 2.05) is 11.3 Å². The lowest BCUT2D eigenvalue weighted by Crippen LogP contribution is -2.13. The summed E-state index contributed by atoms with van der Waals surface area (Å²) in [7, 11) is 0. The highest BCUT2D eigenvalue weighted by atomic mass is 32.1. The van der Waals surface area contributed by atoms with Gasteiger partial charge in [0, 0.05) is 31.3 Å². The Bertz CT molecular complexity index is 2910. The Morgan fingerprint density at radius 3 is 1.58 bits per heavy atom. The van der Waals surface area contributed by atoms with Crippen molar-refractivity contribution >= 4 is 70.1 Å². The van der Waals surface area contributed by atoms with E-state index in [4.69, 9.17) is 0 Å². The maximum absolute atomic E-state index is 2.53. The second-order valence-corrected chi connectivity index (χ2v) is 14.3. The van der Waals surface area contributed by atoms with E-state index in [2.05, 4.69) is 205 Å². The molecule has 0 radical (unpaired) electrons. The maximum Gasteiger partial charge on any atom is 0.0555 e. The molecule has 0 aliphatic rings. The average Bonchev–Trinajstić information content (AvgIpc) is 3.61. The Morgan fingerprint density at radius 2 is 0.788 bits per heavy atom. The number of anilines is 3. The minimum absolute atomic E-state index is 1.13. The van der Waals surface area contributed by atoms with Gasteiger partial charge in [0.25, 0.3) is 0 Å². The molecular weight excluding hydrogens is 647 g/mol. The zero-order chi connectivity index (χ0) is 34.4. The van der Waals surface area contributed by atoms with Gasteiger partial charge in [0.1, 0.15) is 0 Å². The van der Waals surface area contributed by atoms with Crippen LogP contribution in [0.25, 0.3) is 75.1 Å². The highest BCUT2D eigenvalue weighted by Gasteiger charge is 2.25. The zero-order valence-electron chi connectivity index (χ0n) is 28.4. The Balaban J connectivity index is 1.31. The van der Waals surface area contributed by atoms with Gasteiger partial charge in [-0.05, 0) is 74.1 Å². The molecule has 0 bridgehead atoms. The van der Waals surface area contributed by atoms with Gasteiger partial charge in [-0.3, -0.25) is 0 Å². The normalized spacial score (nSPS) is 11.5. The number of fused-ring (bicyclic) bond motifs is 5. The lowest BCUT2D eigenvalue weighted by atomic mass is 9.90. The van der Waals surface area contributed by atoms with Crippen LogP contribution in [0.2, 0.25) is 0 Å². The first-order valence-corrected chi connectivity index (χ1v) is 18.6. The van der Waals surface area contributed by atoms with Crippen molar-refractivity contribution in [3.63, 3.8) is 0 Å². The Hall–Kier alpha value is -6.48. The van der Waals surface area contributed by atoms with E-state index in [1.54, 1.807) is 0 Å². The van der Waals surface area contributed by atoms with Crippen LogP contribution in [-0.2, 0) is 0 Å². The molecule has 1 aromatic heterocycles. The molecule has 1 nitrogen and oxygen atoms in total. The zero-order valence-corrected chi connectivity index (χ0v) is 29.2. The summed E-state index contributed by atoms with van der Waals surface area (Å²) >= 11 is 1.86. The van der Waals surface area contributed by atoms with Crippen LogP contribution < -0.4 is 4.90 Å². The quantitative estimate of drug-likeness (QED) is 0.169. The van der Waals surface area contributed by atoms with Crippen LogP contribution >= 0.6 is 11.3 Å². The minimum Gasteiger partial charge on any atom is -0.309 e. The Labute approximate surface area is 307 Å². The van der Waals surface area contributed by atoms with Crippen LogP contribution in [-0.4, -0.2) is 0 Å². The second-order valence-electron chi connectivity index (χ2n) is 13.2. The monoisotopic (exact) mass is 679 g/mol. The molecule has 1 heterocycles. The first-order chi connectivity index (χ1) is 25.8. The summed E-state index contributed by atoms with van der Waals surface area (Å²) in [5.41, 5.74) is 10.7. The third-order valence-electron chi connectivity index (χ3n) is 10.3. The van der Waals surface area contributed by atoms with E-state index in [0.29, 0.717) is 0 Å². The third-order valence-corrected chi connectivity index (χ3v) is 11.4. The molecule has 0 N–H and O–H groups in total. The predicted molar refractivity (Wildman–Crippen MR) is 225 cm³/mol. The van der Waals surface area contributed by atoms with Gasteiger partial charge < -0.3 is 4.90 Å². The molecule has 10 rings (SSSR count). The summed E-state index contributed by atoms with van der Waals surface area (Å²) in [6, 6.07) is 73.0. The third kappa shape index (κ3) is 4.99. The van der Waals surface area contributed by atoms with Crippen LogP contribution in [0.5, 0.6) is 0 Å². The lowest BCUT2D eigenvalue weighted by molar-refractivity contribution is 1.30. The molecule has 244 valence electrons. The molecule has 0 amide bonds. The molecule has 0 aliphatic carbocycles. The van der Waals surface area contributed by atoms with Crippen LogP contribution in [0.1, 0.15) is 0 Å². The number of para-hydroxylation sites is 2. The van der Waals surface area contributed by atoms with Gasteiger partial charge in [-0.1, -0.05) is 170 Å². The fourth-order valence-corrected chi connectivity index (χ4v) is 9.14. The molecule has 2 heteroatoms. The molecular formula is C50H33NS. The molecule has 10 aromatic rings. The molecule has 0 saturated heterocycles. The van der Waals surface area contributed by atoms with E-state index in [9.17, 15) is 0 Å². The number of thiophene rings is 1. The summed E-state index contributed by atoms with van der Waals surface area (Å²) in [5, 5.41) is 7.50. The topological polar surface area (TPSA) is 3.24 Å². The summed E-state index contributed by atoms with van der Waals surface area (Å²) < 4.78 is 2.57. The molecule has 9 aromatic carbocycles. The lowest BCUT2D eigenvalue weighted by Gasteiger charge is -2.31. The average molecular weight is 680 g/mol. The van der Waals surface area contributed by atoms with Crippen LogP contribution in [0.3, 0.4) is 0 Å². The van der Waals surface area contributed by atoms with E-state index in [1.165, 1.54) is 80.8 Å². The van der Waals surface area contributed by atoms with Crippen molar-refractivity contribution in [2.24, 2.45) is 0 Å². The number of benzene rings is 9. The Kier molecular flexibility index (Phi) is 7.41. The maximum atomic E-state index is 2.53. The molecule has 0 spiro atoms. The van der Waals surface area contributed by atoms with Gasteiger partial charge in [-0.25, -0.2) is 0 Å². The fourth-order valence-electron chi connectivity index (χ4n) is 8.01. The molecule has 52 heavy (non-hydrogen) atoms.